The molecule has 3 aromatic rings. The average Bonchev–Trinajstić information content (AvgIpc) is 2.66. The molecule has 0 aliphatic heterocycles. The maximum Gasteiger partial charge on any atom is 0.257 e. The first-order valence-corrected chi connectivity index (χ1v) is 8.15. The van der Waals surface area contributed by atoms with E-state index < -0.39 is 5.91 Å². The minimum atomic E-state index is -0.418. The summed E-state index contributed by atoms with van der Waals surface area (Å²) in [6.45, 7) is 2.93. The number of nitrogens with zero attached hydrogens (tertiary/aromatic N) is 1. The normalized spacial score (nSPS) is 10.6. The minimum Gasteiger partial charge on any atom is -0.478 e. The Morgan fingerprint density at radius 3 is 2.84 bits per heavy atom. The number of fused-ring (bicyclic) bond motifs is 1. The Bertz CT molecular complexity index is 933. The van der Waals surface area contributed by atoms with Gasteiger partial charge >= 0.3 is 0 Å². The summed E-state index contributed by atoms with van der Waals surface area (Å²) in [5, 5.41) is 3.24. The van der Waals surface area contributed by atoms with Crippen molar-refractivity contribution in [2.75, 3.05) is 6.61 Å². The Hall–Kier alpha value is -3.15. The molecule has 0 saturated carbocycles. The number of benzene rings is 1. The number of ether oxygens (including phenoxy) is 1. The van der Waals surface area contributed by atoms with Gasteiger partial charge in [-0.05, 0) is 24.1 Å². The number of nitrogens with one attached hydrogen (secondary N) is 2. The number of hydrogen-bond donors (Lipinski definition) is 2. The SMILES string of the molecule is CCCOc1ccc(CNC(=O)c2c[nH]c3ccccc3c2=O)cn1. The van der Waals surface area contributed by atoms with Crippen LogP contribution in [-0.2, 0) is 6.54 Å². The molecule has 0 unspecified atom stereocenters. The highest BCUT2D eigenvalue weighted by Gasteiger charge is 2.12. The van der Waals surface area contributed by atoms with Crippen molar-refractivity contribution >= 4 is 16.8 Å². The second-order valence-electron chi connectivity index (χ2n) is 5.61. The summed E-state index contributed by atoms with van der Waals surface area (Å²) >= 11 is 0. The number of para-hydroxylation sites is 1. The summed E-state index contributed by atoms with van der Waals surface area (Å²) in [6, 6.07) is 10.7. The zero-order chi connectivity index (χ0) is 17.6. The van der Waals surface area contributed by atoms with E-state index in [1.165, 1.54) is 6.20 Å². The van der Waals surface area contributed by atoms with Gasteiger partial charge in [-0.3, -0.25) is 9.59 Å². The molecule has 0 spiro atoms. The molecule has 0 radical (unpaired) electrons. The van der Waals surface area contributed by atoms with E-state index in [1.807, 2.05) is 19.1 Å². The van der Waals surface area contributed by atoms with Crippen LogP contribution in [0.1, 0.15) is 29.3 Å². The van der Waals surface area contributed by atoms with E-state index in [4.69, 9.17) is 4.74 Å². The maximum atomic E-state index is 12.4. The summed E-state index contributed by atoms with van der Waals surface area (Å²) in [5.41, 5.74) is 1.34. The summed E-state index contributed by atoms with van der Waals surface area (Å²) in [5.74, 6) is 0.140. The highest BCUT2D eigenvalue weighted by molar-refractivity contribution is 5.97. The summed E-state index contributed by atoms with van der Waals surface area (Å²) < 4.78 is 5.42. The quantitative estimate of drug-likeness (QED) is 0.724. The van der Waals surface area contributed by atoms with E-state index in [-0.39, 0.29) is 17.5 Å². The zero-order valence-electron chi connectivity index (χ0n) is 13.9. The minimum absolute atomic E-state index is 0.0922. The lowest BCUT2D eigenvalue weighted by atomic mass is 10.1. The monoisotopic (exact) mass is 337 g/mol. The highest BCUT2D eigenvalue weighted by Crippen LogP contribution is 2.09. The van der Waals surface area contributed by atoms with Gasteiger partial charge in [-0.25, -0.2) is 4.98 Å². The molecule has 0 saturated heterocycles. The van der Waals surface area contributed by atoms with Gasteiger partial charge in [0.05, 0.1) is 6.61 Å². The molecular weight excluding hydrogens is 318 g/mol. The number of carbonyl (C=O) groups excluding carboxylic acids is 1. The Morgan fingerprint density at radius 1 is 1.24 bits per heavy atom. The lowest BCUT2D eigenvalue weighted by molar-refractivity contribution is 0.0949. The fourth-order valence-corrected chi connectivity index (χ4v) is 2.42. The Morgan fingerprint density at radius 2 is 2.08 bits per heavy atom. The van der Waals surface area contributed by atoms with Crippen molar-refractivity contribution in [1.29, 1.82) is 0 Å². The molecule has 3 rings (SSSR count). The van der Waals surface area contributed by atoms with Crippen LogP contribution in [0.25, 0.3) is 10.9 Å². The van der Waals surface area contributed by atoms with E-state index in [0.717, 1.165) is 12.0 Å². The van der Waals surface area contributed by atoms with Crippen LogP contribution in [0.2, 0.25) is 0 Å². The van der Waals surface area contributed by atoms with Gasteiger partial charge in [-0.15, -0.1) is 0 Å². The van der Waals surface area contributed by atoms with Crippen LogP contribution in [0, 0.1) is 0 Å². The number of H-pyrrole nitrogens is 1. The average molecular weight is 337 g/mol. The number of aromatic amines is 1. The van der Waals surface area contributed by atoms with Gasteiger partial charge in [0, 0.05) is 35.9 Å². The molecule has 128 valence electrons. The van der Waals surface area contributed by atoms with Crippen molar-refractivity contribution in [2.45, 2.75) is 19.9 Å². The van der Waals surface area contributed by atoms with Crippen molar-refractivity contribution in [1.82, 2.24) is 15.3 Å². The molecule has 6 nitrogen and oxygen atoms in total. The van der Waals surface area contributed by atoms with E-state index >= 15 is 0 Å². The van der Waals surface area contributed by atoms with Crippen LogP contribution in [0.3, 0.4) is 0 Å². The fraction of sp³-hybridized carbons (Fsp3) is 0.211. The number of aromatic nitrogens is 2. The number of carbonyl (C=O) groups is 1. The molecule has 0 atom stereocenters. The van der Waals surface area contributed by atoms with Gasteiger partial charge < -0.3 is 15.0 Å². The van der Waals surface area contributed by atoms with Gasteiger partial charge in [0.25, 0.3) is 5.91 Å². The molecule has 0 bridgehead atoms. The summed E-state index contributed by atoms with van der Waals surface area (Å²) in [4.78, 5) is 31.9. The smallest absolute Gasteiger partial charge is 0.257 e. The number of pyridine rings is 2. The van der Waals surface area contributed by atoms with Crippen molar-refractivity contribution in [3.05, 3.63) is 70.1 Å². The topological polar surface area (TPSA) is 84.1 Å². The third-order valence-electron chi connectivity index (χ3n) is 3.74. The van der Waals surface area contributed by atoms with E-state index in [9.17, 15) is 9.59 Å². The molecule has 0 aliphatic carbocycles. The Labute approximate surface area is 144 Å². The molecule has 2 heterocycles. The van der Waals surface area contributed by atoms with Crippen molar-refractivity contribution in [3.8, 4) is 5.88 Å². The summed E-state index contributed by atoms with van der Waals surface area (Å²) in [7, 11) is 0. The third-order valence-corrected chi connectivity index (χ3v) is 3.74. The Balaban J connectivity index is 1.68. The first-order chi connectivity index (χ1) is 12.2. The fourth-order valence-electron chi connectivity index (χ4n) is 2.42. The van der Waals surface area contributed by atoms with Crippen LogP contribution in [0.4, 0.5) is 0 Å². The van der Waals surface area contributed by atoms with Gasteiger partial charge in [-0.2, -0.15) is 0 Å². The number of amides is 1. The lowest BCUT2D eigenvalue weighted by Gasteiger charge is -2.07. The second kappa shape index (κ2) is 7.61. The molecule has 0 fully saturated rings. The third kappa shape index (κ3) is 3.85. The Kier molecular flexibility index (Phi) is 5.09. The molecule has 2 N–H and O–H groups in total. The second-order valence-corrected chi connectivity index (χ2v) is 5.61. The van der Waals surface area contributed by atoms with Crippen LogP contribution < -0.4 is 15.5 Å². The maximum absolute atomic E-state index is 12.4. The standard InChI is InChI=1S/C19H19N3O3/c1-2-9-25-17-8-7-13(10-21-17)11-22-19(24)15-12-20-16-6-4-3-5-14(16)18(15)23/h3-8,10,12H,2,9,11H2,1H3,(H,20,23)(H,22,24). The van der Waals surface area contributed by atoms with Gasteiger partial charge in [-0.1, -0.05) is 25.1 Å². The van der Waals surface area contributed by atoms with E-state index in [0.29, 0.717) is 23.4 Å². The van der Waals surface area contributed by atoms with Crippen molar-refractivity contribution < 1.29 is 9.53 Å². The van der Waals surface area contributed by atoms with Crippen LogP contribution >= 0.6 is 0 Å². The van der Waals surface area contributed by atoms with Crippen molar-refractivity contribution in [3.63, 3.8) is 0 Å². The van der Waals surface area contributed by atoms with Crippen LogP contribution in [0.15, 0.2) is 53.6 Å². The van der Waals surface area contributed by atoms with Gasteiger partial charge in [0.1, 0.15) is 5.56 Å². The molecule has 0 aliphatic rings. The molecule has 1 amide bonds. The van der Waals surface area contributed by atoms with Crippen molar-refractivity contribution in [2.24, 2.45) is 0 Å². The van der Waals surface area contributed by atoms with Crippen LogP contribution in [0.5, 0.6) is 5.88 Å². The molecule has 2 aromatic heterocycles. The highest BCUT2D eigenvalue weighted by atomic mass is 16.5. The molecule has 6 heteroatoms. The largest absolute Gasteiger partial charge is 0.478 e. The van der Waals surface area contributed by atoms with Gasteiger partial charge in [0.15, 0.2) is 0 Å². The predicted molar refractivity (Wildman–Crippen MR) is 95.8 cm³/mol. The first kappa shape index (κ1) is 16.7. The molecule has 1 aromatic carbocycles. The molecular formula is C19H19N3O3. The molecule has 25 heavy (non-hydrogen) atoms. The van der Waals surface area contributed by atoms with Gasteiger partial charge in [0.2, 0.25) is 11.3 Å². The number of rotatable bonds is 6. The van der Waals surface area contributed by atoms with E-state index in [1.54, 1.807) is 30.5 Å². The van der Waals surface area contributed by atoms with E-state index in [2.05, 4.69) is 15.3 Å². The summed E-state index contributed by atoms with van der Waals surface area (Å²) in [6.07, 6.45) is 4.01. The zero-order valence-corrected chi connectivity index (χ0v) is 13.9. The lowest BCUT2D eigenvalue weighted by Crippen LogP contribution is -2.28. The van der Waals surface area contributed by atoms with Crippen LogP contribution in [-0.4, -0.2) is 22.5 Å². The number of hydrogen-bond acceptors (Lipinski definition) is 4. The first-order valence-electron chi connectivity index (χ1n) is 8.15. The predicted octanol–water partition coefficient (Wildman–Crippen LogP) is 2.64.